The standard InChI is InChI=1S/C10H18N2O4S2/c1-2-16-10(13)12-5-4-11-9(12)17-8-3-6-18(14,15)7-8/h8-9,11H,2-7H2,1H3/t8-,9-/m0/s1. The average molecular weight is 294 g/mol. The molecule has 0 bridgehead atoms. The Kier molecular flexibility index (Phi) is 4.39. The van der Waals surface area contributed by atoms with Crippen LogP contribution in [0.1, 0.15) is 13.3 Å². The average Bonchev–Trinajstić information content (AvgIpc) is 2.86. The summed E-state index contributed by atoms with van der Waals surface area (Å²) in [5.41, 5.74) is -0.164. The first kappa shape index (κ1) is 14.0. The third kappa shape index (κ3) is 3.30. The quantitative estimate of drug-likeness (QED) is 0.804. The van der Waals surface area contributed by atoms with E-state index in [9.17, 15) is 13.2 Å². The number of amides is 1. The number of carbonyl (C=O) groups is 1. The summed E-state index contributed by atoms with van der Waals surface area (Å²) in [6, 6.07) is 0. The molecule has 0 aromatic rings. The van der Waals surface area contributed by atoms with Crippen LogP contribution in [0.2, 0.25) is 0 Å². The van der Waals surface area contributed by atoms with Gasteiger partial charge in [-0.15, -0.1) is 11.8 Å². The summed E-state index contributed by atoms with van der Waals surface area (Å²) >= 11 is 1.51. The lowest BCUT2D eigenvalue weighted by atomic mass is 10.4. The second-order valence-electron chi connectivity index (χ2n) is 4.36. The first-order valence-corrected chi connectivity index (χ1v) is 8.81. The summed E-state index contributed by atoms with van der Waals surface area (Å²) < 4.78 is 27.8. The van der Waals surface area contributed by atoms with Gasteiger partial charge in [-0.05, 0) is 13.3 Å². The molecular formula is C10H18N2O4S2. The Balaban J connectivity index is 1.90. The van der Waals surface area contributed by atoms with Crippen LogP contribution in [0.4, 0.5) is 4.79 Å². The number of rotatable bonds is 3. The van der Waals surface area contributed by atoms with Gasteiger partial charge in [0.25, 0.3) is 0 Å². The number of hydrogen-bond donors (Lipinski definition) is 1. The van der Waals surface area contributed by atoms with Crippen molar-refractivity contribution >= 4 is 27.7 Å². The molecule has 2 rings (SSSR count). The fourth-order valence-corrected chi connectivity index (χ4v) is 5.90. The first-order valence-electron chi connectivity index (χ1n) is 6.04. The van der Waals surface area contributed by atoms with Gasteiger partial charge in [0.15, 0.2) is 9.84 Å². The predicted molar refractivity (Wildman–Crippen MR) is 70.2 cm³/mol. The van der Waals surface area contributed by atoms with E-state index in [1.807, 2.05) is 0 Å². The number of sulfone groups is 1. The molecule has 2 saturated heterocycles. The van der Waals surface area contributed by atoms with Gasteiger partial charge in [0.05, 0.1) is 18.1 Å². The zero-order valence-electron chi connectivity index (χ0n) is 10.3. The SMILES string of the molecule is CCOC(=O)N1CCN[C@@H]1S[C@H]1CCS(=O)(=O)C1. The van der Waals surface area contributed by atoms with Gasteiger partial charge in [-0.3, -0.25) is 10.2 Å². The molecule has 8 heteroatoms. The van der Waals surface area contributed by atoms with Crippen LogP contribution in [-0.2, 0) is 14.6 Å². The lowest BCUT2D eigenvalue weighted by Gasteiger charge is -2.24. The Morgan fingerprint density at radius 1 is 1.56 bits per heavy atom. The fourth-order valence-electron chi connectivity index (χ4n) is 2.10. The van der Waals surface area contributed by atoms with Gasteiger partial charge in [0.2, 0.25) is 0 Å². The molecule has 0 unspecified atom stereocenters. The van der Waals surface area contributed by atoms with E-state index in [2.05, 4.69) is 5.32 Å². The van der Waals surface area contributed by atoms with E-state index in [1.165, 1.54) is 11.8 Å². The summed E-state index contributed by atoms with van der Waals surface area (Å²) in [6.07, 6.45) is 0.336. The van der Waals surface area contributed by atoms with Crippen LogP contribution in [0.3, 0.4) is 0 Å². The number of nitrogens with one attached hydrogen (secondary N) is 1. The largest absolute Gasteiger partial charge is 0.450 e. The molecule has 2 aliphatic heterocycles. The van der Waals surface area contributed by atoms with E-state index in [0.29, 0.717) is 19.6 Å². The maximum atomic E-state index is 11.7. The van der Waals surface area contributed by atoms with Crippen LogP contribution >= 0.6 is 11.8 Å². The highest BCUT2D eigenvalue weighted by Crippen LogP contribution is 2.30. The summed E-state index contributed by atoms with van der Waals surface area (Å²) in [5.74, 6) is 0.476. The van der Waals surface area contributed by atoms with Crippen molar-refractivity contribution < 1.29 is 17.9 Å². The molecule has 18 heavy (non-hydrogen) atoms. The molecule has 1 amide bonds. The van der Waals surface area contributed by atoms with Crippen LogP contribution in [0.15, 0.2) is 0 Å². The third-order valence-corrected chi connectivity index (χ3v) is 6.41. The lowest BCUT2D eigenvalue weighted by molar-refractivity contribution is 0.112. The zero-order valence-corrected chi connectivity index (χ0v) is 11.9. The highest BCUT2D eigenvalue weighted by molar-refractivity contribution is 8.02. The van der Waals surface area contributed by atoms with Crippen LogP contribution < -0.4 is 5.32 Å². The van der Waals surface area contributed by atoms with Gasteiger partial charge >= 0.3 is 6.09 Å². The van der Waals surface area contributed by atoms with Gasteiger partial charge in [0, 0.05) is 18.3 Å². The number of ether oxygens (including phenoxy) is 1. The monoisotopic (exact) mass is 294 g/mol. The number of nitrogens with zero attached hydrogens (tertiary/aromatic N) is 1. The minimum atomic E-state index is -2.87. The number of carbonyl (C=O) groups excluding carboxylic acids is 1. The highest BCUT2D eigenvalue weighted by Gasteiger charge is 2.36. The lowest BCUT2D eigenvalue weighted by Crippen LogP contribution is -2.39. The molecule has 104 valence electrons. The van der Waals surface area contributed by atoms with Crippen molar-refractivity contribution in [1.82, 2.24) is 10.2 Å². The molecule has 0 saturated carbocycles. The van der Waals surface area contributed by atoms with Crippen molar-refractivity contribution in [2.24, 2.45) is 0 Å². The van der Waals surface area contributed by atoms with E-state index in [4.69, 9.17) is 4.74 Å². The van der Waals surface area contributed by atoms with Gasteiger partial charge in [-0.25, -0.2) is 13.2 Å². The van der Waals surface area contributed by atoms with Crippen LogP contribution in [0.25, 0.3) is 0 Å². The Hall–Kier alpha value is -0.470. The number of hydrogen-bond acceptors (Lipinski definition) is 6. The van der Waals surface area contributed by atoms with Crippen molar-refractivity contribution in [2.45, 2.75) is 24.1 Å². The Labute approximate surface area is 111 Å². The smallest absolute Gasteiger partial charge is 0.411 e. The Bertz CT molecular complexity index is 412. The van der Waals surface area contributed by atoms with E-state index in [1.54, 1.807) is 11.8 Å². The molecule has 2 fully saturated rings. The molecule has 0 aromatic carbocycles. The van der Waals surface area contributed by atoms with Gasteiger partial charge in [0.1, 0.15) is 5.50 Å². The minimum absolute atomic E-state index is 0.0718. The highest BCUT2D eigenvalue weighted by atomic mass is 32.2. The second-order valence-corrected chi connectivity index (χ2v) is 7.97. The minimum Gasteiger partial charge on any atom is -0.450 e. The van der Waals surface area contributed by atoms with Crippen molar-refractivity contribution in [1.29, 1.82) is 0 Å². The summed E-state index contributed by atoms with van der Waals surface area (Å²) in [7, 11) is -2.87. The van der Waals surface area contributed by atoms with Gasteiger partial charge in [-0.2, -0.15) is 0 Å². The normalized spacial score (nSPS) is 30.6. The van der Waals surface area contributed by atoms with E-state index in [-0.39, 0.29) is 28.3 Å². The van der Waals surface area contributed by atoms with Crippen molar-refractivity contribution in [2.75, 3.05) is 31.2 Å². The maximum Gasteiger partial charge on any atom is 0.411 e. The molecule has 0 spiro atoms. The van der Waals surface area contributed by atoms with E-state index >= 15 is 0 Å². The first-order chi connectivity index (χ1) is 8.52. The molecule has 2 atom stereocenters. The molecule has 0 radical (unpaired) electrons. The van der Waals surface area contributed by atoms with Gasteiger partial charge in [-0.1, -0.05) is 0 Å². The van der Waals surface area contributed by atoms with Crippen molar-refractivity contribution in [3.63, 3.8) is 0 Å². The summed E-state index contributed by atoms with van der Waals surface area (Å²) in [4.78, 5) is 13.3. The molecular weight excluding hydrogens is 276 g/mol. The topological polar surface area (TPSA) is 75.7 Å². The summed E-state index contributed by atoms with van der Waals surface area (Å²) in [6.45, 7) is 3.45. The number of thioether (sulfide) groups is 1. The predicted octanol–water partition coefficient (Wildman–Crippen LogP) is 0.252. The molecule has 6 nitrogen and oxygen atoms in total. The zero-order chi connectivity index (χ0) is 13.2. The second kappa shape index (κ2) is 5.66. The molecule has 2 heterocycles. The Morgan fingerprint density at radius 3 is 2.94 bits per heavy atom. The van der Waals surface area contributed by atoms with Crippen LogP contribution in [0, 0.1) is 0 Å². The Morgan fingerprint density at radius 2 is 2.33 bits per heavy atom. The molecule has 2 aliphatic rings. The van der Waals surface area contributed by atoms with Crippen molar-refractivity contribution in [3.8, 4) is 0 Å². The third-order valence-electron chi connectivity index (χ3n) is 2.97. The fraction of sp³-hybridized carbons (Fsp3) is 0.900. The maximum absolute atomic E-state index is 11.7. The van der Waals surface area contributed by atoms with Crippen LogP contribution in [0.5, 0.6) is 0 Å². The van der Waals surface area contributed by atoms with Crippen molar-refractivity contribution in [3.05, 3.63) is 0 Å². The molecule has 1 N–H and O–H groups in total. The molecule has 0 aromatic heterocycles. The van der Waals surface area contributed by atoms with E-state index in [0.717, 1.165) is 6.54 Å². The van der Waals surface area contributed by atoms with E-state index < -0.39 is 9.84 Å². The molecule has 0 aliphatic carbocycles. The van der Waals surface area contributed by atoms with Gasteiger partial charge < -0.3 is 4.74 Å². The van der Waals surface area contributed by atoms with Crippen LogP contribution in [-0.4, -0.2) is 61.4 Å². The summed E-state index contributed by atoms with van der Waals surface area (Å²) in [5, 5.41) is 3.27.